The summed E-state index contributed by atoms with van der Waals surface area (Å²) in [5, 5.41) is 0. The number of nitrogens with zero attached hydrogens (tertiary/aromatic N) is 3. The van der Waals surface area contributed by atoms with Gasteiger partial charge in [0.1, 0.15) is 11.3 Å². The molecule has 17 heavy (non-hydrogen) atoms. The van der Waals surface area contributed by atoms with Gasteiger partial charge in [0.2, 0.25) is 0 Å². The lowest BCUT2D eigenvalue weighted by molar-refractivity contribution is 0.413. The highest BCUT2D eigenvalue weighted by molar-refractivity contribution is 5.71. The third-order valence-corrected chi connectivity index (χ3v) is 3.76. The maximum atomic E-state index is 6.51. The lowest BCUT2D eigenvalue weighted by Crippen LogP contribution is -2.36. The van der Waals surface area contributed by atoms with Gasteiger partial charge in [-0.2, -0.15) is 0 Å². The minimum absolute atomic E-state index is 0.239. The topological polar surface area (TPSA) is 56.7 Å². The van der Waals surface area contributed by atoms with E-state index in [-0.39, 0.29) is 5.54 Å². The lowest BCUT2D eigenvalue weighted by Gasteiger charge is -2.23. The summed E-state index contributed by atoms with van der Waals surface area (Å²) < 4.78 is 2.17. The van der Waals surface area contributed by atoms with Gasteiger partial charge in [0.25, 0.3) is 0 Å². The fourth-order valence-corrected chi connectivity index (χ4v) is 2.87. The van der Waals surface area contributed by atoms with E-state index in [9.17, 15) is 0 Å². The highest BCUT2D eigenvalue weighted by Gasteiger charge is 2.36. The standard InChI is InChI=1S/C13H18N4/c1-2-17-11-10(6-5-9-15-11)16-12(17)13(14)7-3-4-8-13/h5-6,9H,2-4,7-8,14H2,1H3. The van der Waals surface area contributed by atoms with Gasteiger partial charge in [-0.3, -0.25) is 0 Å². The van der Waals surface area contributed by atoms with Gasteiger partial charge in [-0.05, 0) is 31.9 Å². The van der Waals surface area contributed by atoms with E-state index in [4.69, 9.17) is 10.7 Å². The molecule has 0 aromatic carbocycles. The van der Waals surface area contributed by atoms with Crippen molar-refractivity contribution in [2.45, 2.75) is 44.7 Å². The number of rotatable bonds is 2. The van der Waals surface area contributed by atoms with E-state index in [0.29, 0.717) is 0 Å². The molecule has 2 aromatic rings. The Balaban J connectivity index is 2.21. The molecule has 1 aliphatic carbocycles. The van der Waals surface area contributed by atoms with Crippen molar-refractivity contribution >= 4 is 11.2 Å². The van der Waals surface area contributed by atoms with Crippen LogP contribution in [0.15, 0.2) is 18.3 Å². The fraction of sp³-hybridized carbons (Fsp3) is 0.538. The van der Waals surface area contributed by atoms with E-state index in [0.717, 1.165) is 36.4 Å². The third kappa shape index (κ3) is 1.55. The van der Waals surface area contributed by atoms with Crippen LogP contribution in [0, 0.1) is 0 Å². The summed E-state index contributed by atoms with van der Waals surface area (Å²) in [5.41, 5.74) is 8.19. The van der Waals surface area contributed by atoms with E-state index < -0.39 is 0 Å². The average Bonchev–Trinajstić information content (AvgIpc) is 2.93. The van der Waals surface area contributed by atoms with E-state index in [1.54, 1.807) is 0 Å². The molecule has 0 bridgehead atoms. The molecule has 0 aliphatic heterocycles. The fourth-order valence-electron chi connectivity index (χ4n) is 2.87. The van der Waals surface area contributed by atoms with Crippen LogP contribution in [0.1, 0.15) is 38.4 Å². The molecular weight excluding hydrogens is 212 g/mol. The average molecular weight is 230 g/mol. The maximum Gasteiger partial charge on any atom is 0.160 e. The van der Waals surface area contributed by atoms with Crippen molar-refractivity contribution in [3.8, 4) is 0 Å². The summed E-state index contributed by atoms with van der Waals surface area (Å²) in [4.78, 5) is 9.13. The van der Waals surface area contributed by atoms with Crippen LogP contribution < -0.4 is 5.73 Å². The molecule has 4 nitrogen and oxygen atoms in total. The third-order valence-electron chi connectivity index (χ3n) is 3.76. The first-order valence-electron chi connectivity index (χ1n) is 6.35. The second-order valence-corrected chi connectivity index (χ2v) is 4.89. The molecule has 0 radical (unpaired) electrons. The van der Waals surface area contributed by atoms with Gasteiger partial charge in [0.15, 0.2) is 5.65 Å². The Hall–Kier alpha value is -1.42. The van der Waals surface area contributed by atoms with Crippen molar-refractivity contribution in [3.63, 3.8) is 0 Å². The zero-order valence-corrected chi connectivity index (χ0v) is 10.2. The Labute approximate surface area is 101 Å². The predicted octanol–water partition coefficient (Wildman–Crippen LogP) is 2.18. The van der Waals surface area contributed by atoms with Gasteiger partial charge < -0.3 is 10.3 Å². The molecule has 4 heteroatoms. The van der Waals surface area contributed by atoms with Gasteiger partial charge in [0, 0.05) is 12.7 Å². The van der Waals surface area contributed by atoms with Crippen LogP contribution in [0.5, 0.6) is 0 Å². The van der Waals surface area contributed by atoms with Gasteiger partial charge in [-0.15, -0.1) is 0 Å². The summed E-state index contributed by atoms with van der Waals surface area (Å²) in [7, 11) is 0. The number of nitrogens with two attached hydrogens (primary N) is 1. The highest BCUT2D eigenvalue weighted by atomic mass is 15.2. The predicted molar refractivity (Wildman–Crippen MR) is 67.5 cm³/mol. The Kier molecular flexibility index (Phi) is 2.40. The monoisotopic (exact) mass is 230 g/mol. The molecular formula is C13H18N4. The van der Waals surface area contributed by atoms with Crippen LogP contribution in [0.25, 0.3) is 11.2 Å². The minimum atomic E-state index is -0.239. The number of aryl methyl sites for hydroxylation is 1. The molecule has 0 unspecified atom stereocenters. The zero-order chi connectivity index (χ0) is 11.9. The summed E-state index contributed by atoms with van der Waals surface area (Å²) in [6.07, 6.45) is 6.30. The van der Waals surface area contributed by atoms with Gasteiger partial charge in [-0.25, -0.2) is 9.97 Å². The van der Waals surface area contributed by atoms with E-state index in [2.05, 4.69) is 16.5 Å². The molecule has 2 aromatic heterocycles. The van der Waals surface area contributed by atoms with Crippen LogP contribution in [0.3, 0.4) is 0 Å². The van der Waals surface area contributed by atoms with Crippen LogP contribution in [-0.2, 0) is 12.1 Å². The van der Waals surface area contributed by atoms with Crippen molar-refractivity contribution in [2.24, 2.45) is 5.73 Å². The van der Waals surface area contributed by atoms with Gasteiger partial charge >= 0.3 is 0 Å². The smallest absolute Gasteiger partial charge is 0.160 e. The summed E-state index contributed by atoms with van der Waals surface area (Å²) >= 11 is 0. The SMILES string of the molecule is CCn1c(C2(N)CCCC2)nc2cccnc21. The normalized spacial score (nSPS) is 18.9. The van der Waals surface area contributed by atoms with E-state index in [1.165, 1.54) is 12.8 Å². The summed E-state index contributed by atoms with van der Waals surface area (Å²) in [6.45, 7) is 3.00. The largest absolute Gasteiger partial charge is 0.319 e. The Morgan fingerprint density at radius 1 is 1.41 bits per heavy atom. The number of fused-ring (bicyclic) bond motifs is 1. The van der Waals surface area contributed by atoms with Crippen molar-refractivity contribution < 1.29 is 0 Å². The van der Waals surface area contributed by atoms with Crippen LogP contribution in [0.2, 0.25) is 0 Å². The van der Waals surface area contributed by atoms with Crippen LogP contribution in [0.4, 0.5) is 0 Å². The first-order valence-corrected chi connectivity index (χ1v) is 6.35. The number of hydrogen-bond donors (Lipinski definition) is 1. The zero-order valence-electron chi connectivity index (χ0n) is 10.2. The molecule has 1 aliphatic rings. The first kappa shape index (κ1) is 10.7. The Morgan fingerprint density at radius 3 is 2.88 bits per heavy atom. The molecule has 0 amide bonds. The van der Waals surface area contributed by atoms with E-state index >= 15 is 0 Å². The van der Waals surface area contributed by atoms with Crippen LogP contribution >= 0.6 is 0 Å². The molecule has 0 saturated heterocycles. The molecule has 2 N–H and O–H groups in total. The van der Waals surface area contributed by atoms with Gasteiger partial charge in [-0.1, -0.05) is 12.8 Å². The minimum Gasteiger partial charge on any atom is -0.319 e. The Morgan fingerprint density at radius 2 is 2.18 bits per heavy atom. The number of pyridine rings is 1. The molecule has 0 spiro atoms. The van der Waals surface area contributed by atoms with Crippen molar-refractivity contribution in [1.29, 1.82) is 0 Å². The van der Waals surface area contributed by atoms with E-state index in [1.807, 2.05) is 18.3 Å². The van der Waals surface area contributed by atoms with Crippen molar-refractivity contribution in [2.75, 3.05) is 0 Å². The number of hydrogen-bond acceptors (Lipinski definition) is 3. The molecule has 0 atom stereocenters. The van der Waals surface area contributed by atoms with Crippen LogP contribution in [-0.4, -0.2) is 14.5 Å². The van der Waals surface area contributed by atoms with Crippen molar-refractivity contribution in [1.82, 2.24) is 14.5 Å². The van der Waals surface area contributed by atoms with Crippen molar-refractivity contribution in [3.05, 3.63) is 24.2 Å². The molecule has 1 saturated carbocycles. The molecule has 90 valence electrons. The lowest BCUT2D eigenvalue weighted by atomic mass is 9.98. The second-order valence-electron chi connectivity index (χ2n) is 4.89. The number of imidazole rings is 1. The van der Waals surface area contributed by atoms with Gasteiger partial charge in [0.05, 0.1) is 5.54 Å². The summed E-state index contributed by atoms with van der Waals surface area (Å²) in [5.74, 6) is 1.02. The molecule has 3 rings (SSSR count). The Bertz CT molecular complexity index is 537. The molecule has 2 heterocycles. The maximum absolute atomic E-state index is 6.51. The highest BCUT2D eigenvalue weighted by Crippen LogP contribution is 2.36. The second kappa shape index (κ2) is 3.81. The number of aromatic nitrogens is 3. The quantitative estimate of drug-likeness (QED) is 0.860. The summed E-state index contributed by atoms with van der Waals surface area (Å²) in [6, 6.07) is 3.94. The first-order chi connectivity index (χ1) is 8.24. The molecule has 1 fully saturated rings.